The molecule has 0 aliphatic carbocycles. The van der Waals surface area contributed by atoms with Gasteiger partial charge in [0.05, 0.1) is 17.5 Å². The summed E-state index contributed by atoms with van der Waals surface area (Å²) in [7, 11) is -2.81. The van der Waals surface area contributed by atoms with Gasteiger partial charge in [0, 0.05) is 6.21 Å². The SMILES string of the molecule is O=S1(=O)CC[C@H](N=Cc2ccccc2)C1. The minimum atomic E-state index is -2.81. The highest BCUT2D eigenvalue weighted by atomic mass is 32.2. The number of hydrogen-bond acceptors (Lipinski definition) is 3. The van der Waals surface area contributed by atoms with Crippen LogP contribution in [0.15, 0.2) is 35.3 Å². The Balaban J connectivity index is 2.02. The minimum Gasteiger partial charge on any atom is -0.288 e. The molecule has 2 rings (SSSR count). The van der Waals surface area contributed by atoms with Gasteiger partial charge in [0.1, 0.15) is 0 Å². The molecule has 1 atom stereocenters. The second-order valence-corrected chi connectivity index (χ2v) is 5.97. The Kier molecular flexibility index (Phi) is 2.86. The summed E-state index contributed by atoms with van der Waals surface area (Å²) in [5.74, 6) is 0.486. The minimum absolute atomic E-state index is 0.0461. The van der Waals surface area contributed by atoms with Crippen LogP contribution in [-0.4, -0.2) is 32.2 Å². The summed E-state index contributed by atoms with van der Waals surface area (Å²) in [6, 6.07) is 9.67. The molecule has 1 aliphatic heterocycles. The lowest BCUT2D eigenvalue weighted by Crippen LogP contribution is -2.07. The predicted octanol–water partition coefficient (Wildman–Crippen LogP) is 1.29. The molecule has 1 fully saturated rings. The van der Waals surface area contributed by atoms with Crippen molar-refractivity contribution in [1.82, 2.24) is 0 Å². The topological polar surface area (TPSA) is 46.5 Å². The van der Waals surface area contributed by atoms with Crippen molar-refractivity contribution in [1.29, 1.82) is 0 Å². The van der Waals surface area contributed by atoms with Gasteiger partial charge in [-0.2, -0.15) is 0 Å². The first-order chi connectivity index (χ1) is 7.16. The zero-order chi connectivity index (χ0) is 10.7. The monoisotopic (exact) mass is 223 g/mol. The molecule has 1 heterocycles. The molecule has 4 heteroatoms. The molecular formula is C11H13NO2S. The van der Waals surface area contributed by atoms with Crippen molar-refractivity contribution in [3.05, 3.63) is 35.9 Å². The molecule has 0 aromatic heterocycles. The molecule has 1 aromatic rings. The standard InChI is InChI=1S/C11H13NO2S/c13-15(14)7-6-11(9-15)12-8-10-4-2-1-3-5-10/h1-5,8,11H,6-7,9H2/t11-/m0/s1. The number of aliphatic imine (C=N–C) groups is 1. The second kappa shape index (κ2) is 4.14. The van der Waals surface area contributed by atoms with Gasteiger partial charge in [-0.05, 0) is 12.0 Å². The van der Waals surface area contributed by atoms with Crippen molar-refractivity contribution >= 4 is 16.1 Å². The molecule has 0 N–H and O–H groups in total. The van der Waals surface area contributed by atoms with Crippen molar-refractivity contribution in [2.24, 2.45) is 4.99 Å². The van der Waals surface area contributed by atoms with E-state index >= 15 is 0 Å². The average Bonchev–Trinajstić information content (AvgIpc) is 2.57. The number of hydrogen-bond donors (Lipinski definition) is 0. The number of benzene rings is 1. The highest BCUT2D eigenvalue weighted by Gasteiger charge is 2.26. The van der Waals surface area contributed by atoms with Crippen LogP contribution in [0.1, 0.15) is 12.0 Å². The Bertz CT molecular complexity index is 451. The molecule has 0 bridgehead atoms. The van der Waals surface area contributed by atoms with Crippen molar-refractivity contribution < 1.29 is 8.42 Å². The van der Waals surface area contributed by atoms with E-state index in [2.05, 4.69) is 4.99 Å². The summed E-state index contributed by atoms with van der Waals surface area (Å²) in [5.41, 5.74) is 1.02. The van der Waals surface area contributed by atoms with Gasteiger partial charge in [-0.25, -0.2) is 8.42 Å². The van der Waals surface area contributed by atoms with Crippen molar-refractivity contribution in [2.45, 2.75) is 12.5 Å². The third-order valence-electron chi connectivity index (χ3n) is 2.44. The second-order valence-electron chi connectivity index (χ2n) is 3.75. The Hall–Kier alpha value is -1.16. The van der Waals surface area contributed by atoms with Gasteiger partial charge in [0.25, 0.3) is 0 Å². The molecule has 3 nitrogen and oxygen atoms in total. The van der Waals surface area contributed by atoms with Crippen molar-refractivity contribution in [3.63, 3.8) is 0 Å². The highest BCUT2D eigenvalue weighted by Crippen LogP contribution is 2.14. The van der Waals surface area contributed by atoms with Crippen LogP contribution in [0, 0.1) is 0 Å². The van der Waals surface area contributed by atoms with E-state index < -0.39 is 9.84 Å². The summed E-state index contributed by atoms with van der Waals surface area (Å²) in [4.78, 5) is 4.28. The highest BCUT2D eigenvalue weighted by molar-refractivity contribution is 7.91. The molecule has 1 aliphatic rings. The first-order valence-corrected chi connectivity index (χ1v) is 6.76. The fourth-order valence-electron chi connectivity index (χ4n) is 1.62. The Labute approximate surface area is 89.8 Å². The van der Waals surface area contributed by atoms with Gasteiger partial charge in [-0.1, -0.05) is 30.3 Å². The number of sulfone groups is 1. The first-order valence-electron chi connectivity index (χ1n) is 4.94. The lowest BCUT2D eigenvalue weighted by molar-refractivity contribution is 0.601. The van der Waals surface area contributed by atoms with E-state index in [1.54, 1.807) is 6.21 Å². The Morgan fingerprint density at radius 1 is 1.27 bits per heavy atom. The predicted molar refractivity (Wildman–Crippen MR) is 61.1 cm³/mol. The smallest absolute Gasteiger partial charge is 0.152 e. The summed E-state index contributed by atoms with van der Waals surface area (Å²) < 4.78 is 22.4. The molecule has 0 radical (unpaired) electrons. The van der Waals surface area contributed by atoms with E-state index in [1.807, 2.05) is 30.3 Å². The summed E-state index contributed by atoms with van der Waals surface area (Å²) in [6.45, 7) is 0. The third kappa shape index (κ3) is 2.89. The van der Waals surface area contributed by atoms with Gasteiger partial charge in [0.2, 0.25) is 0 Å². The molecule has 0 amide bonds. The molecule has 15 heavy (non-hydrogen) atoms. The van der Waals surface area contributed by atoms with Gasteiger partial charge in [0.15, 0.2) is 9.84 Å². The third-order valence-corrected chi connectivity index (χ3v) is 4.19. The van der Waals surface area contributed by atoms with E-state index in [9.17, 15) is 8.42 Å². The molecule has 0 saturated carbocycles. The van der Waals surface area contributed by atoms with E-state index in [0.717, 1.165) is 5.56 Å². The normalized spacial score (nSPS) is 24.7. The van der Waals surface area contributed by atoms with Crippen LogP contribution >= 0.6 is 0 Å². The zero-order valence-corrected chi connectivity index (χ0v) is 9.15. The van der Waals surface area contributed by atoms with E-state index in [0.29, 0.717) is 6.42 Å². The lowest BCUT2D eigenvalue weighted by atomic mass is 10.2. The van der Waals surface area contributed by atoms with Gasteiger partial charge in [-0.15, -0.1) is 0 Å². The van der Waals surface area contributed by atoms with E-state index in [1.165, 1.54) is 0 Å². The molecule has 0 spiro atoms. The molecule has 1 aromatic carbocycles. The largest absolute Gasteiger partial charge is 0.288 e. The van der Waals surface area contributed by atoms with Crippen LogP contribution in [0.2, 0.25) is 0 Å². The lowest BCUT2D eigenvalue weighted by Gasteiger charge is -1.98. The van der Waals surface area contributed by atoms with Gasteiger partial charge < -0.3 is 0 Å². The summed E-state index contributed by atoms with van der Waals surface area (Å²) >= 11 is 0. The number of rotatable bonds is 2. The average molecular weight is 223 g/mol. The first kappa shape index (κ1) is 10.4. The molecular weight excluding hydrogens is 210 g/mol. The maximum absolute atomic E-state index is 11.2. The summed E-state index contributed by atoms with van der Waals surface area (Å²) in [5, 5.41) is 0. The zero-order valence-electron chi connectivity index (χ0n) is 8.33. The van der Waals surface area contributed by atoms with Crippen LogP contribution in [0.25, 0.3) is 0 Å². The van der Waals surface area contributed by atoms with E-state index in [-0.39, 0.29) is 17.5 Å². The van der Waals surface area contributed by atoms with Crippen LogP contribution < -0.4 is 0 Å². The van der Waals surface area contributed by atoms with Crippen molar-refractivity contribution in [3.8, 4) is 0 Å². The fourth-order valence-corrected chi connectivity index (χ4v) is 3.26. The van der Waals surface area contributed by atoms with Crippen molar-refractivity contribution in [2.75, 3.05) is 11.5 Å². The summed E-state index contributed by atoms with van der Waals surface area (Å²) in [6.07, 6.45) is 2.41. The van der Waals surface area contributed by atoms with Crippen LogP contribution in [-0.2, 0) is 9.84 Å². The van der Waals surface area contributed by atoms with Gasteiger partial charge >= 0.3 is 0 Å². The quantitative estimate of drug-likeness (QED) is 0.709. The van der Waals surface area contributed by atoms with Crippen LogP contribution in [0.4, 0.5) is 0 Å². The van der Waals surface area contributed by atoms with Crippen LogP contribution in [0.3, 0.4) is 0 Å². The number of nitrogens with zero attached hydrogens (tertiary/aromatic N) is 1. The Morgan fingerprint density at radius 2 is 2.00 bits per heavy atom. The maximum atomic E-state index is 11.2. The fraction of sp³-hybridized carbons (Fsp3) is 0.364. The molecule has 1 saturated heterocycles. The van der Waals surface area contributed by atoms with Gasteiger partial charge in [-0.3, -0.25) is 4.99 Å². The van der Waals surface area contributed by atoms with Crippen LogP contribution in [0.5, 0.6) is 0 Å². The Morgan fingerprint density at radius 3 is 2.60 bits per heavy atom. The molecule has 80 valence electrons. The maximum Gasteiger partial charge on any atom is 0.152 e. The van der Waals surface area contributed by atoms with E-state index in [4.69, 9.17) is 0 Å². The molecule has 0 unspecified atom stereocenters.